The predicted octanol–water partition coefficient (Wildman–Crippen LogP) is 4.37. The Hall–Kier alpha value is -1.38. The molecule has 5 atom stereocenters. The van der Waals surface area contributed by atoms with Crippen LogP contribution >= 0.6 is 0 Å². The molecular formula is C21H28O3. The number of Topliss-reactive ketones (excluding diaryl/α,β-unsaturated/α-hetero) is 1. The van der Waals surface area contributed by atoms with Crippen molar-refractivity contribution < 1.29 is 14.3 Å². The molecule has 0 aromatic rings. The second kappa shape index (κ2) is 5.31. The molecule has 3 heteroatoms. The number of allylic oxidation sites excluding steroid dienone is 3. The van der Waals surface area contributed by atoms with Crippen LogP contribution in [0.25, 0.3) is 0 Å². The zero-order valence-corrected chi connectivity index (χ0v) is 15.1. The first-order valence-electron chi connectivity index (χ1n) is 9.46. The fraction of sp³-hybridized carbons (Fsp3) is 0.714. The van der Waals surface area contributed by atoms with E-state index in [-0.39, 0.29) is 22.9 Å². The Morgan fingerprint density at radius 3 is 2.54 bits per heavy atom. The molecule has 4 aliphatic rings. The van der Waals surface area contributed by atoms with Gasteiger partial charge >= 0.3 is 5.97 Å². The van der Waals surface area contributed by atoms with Gasteiger partial charge in [-0.3, -0.25) is 9.59 Å². The largest absolute Gasteiger partial charge is 0.462 e. The van der Waals surface area contributed by atoms with Gasteiger partial charge in [-0.2, -0.15) is 0 Å². The summed E-state index contributed by atoms with van der Waals surface area (Å²) in [7, 11) is 0. The molecule has 3 nitrogen and oxygen atoms in total. The topological polar surface area (TPSA) is 43.4 Å². The van der Waals surface area contributed by atoms with Crippen molar-refractivity contribution in [2.24, 2.45) is 22.7 Å². The Balaban J connectivity index is 1.65. The van der Waals surface area contributed by atoms with Crippen LogP contribution in [0, 0.1) is 22.7 Å². The van der Waals surface area contributed by atoms with Gasteiger partial charge in [-0.1, -0.05) is 37.1 Å². The smallest absolute Gasteiger partial charge is 0.302 e. The molecule has 0 amide bonds. The van der Waals surface area contributed by atoms with Crippen LogP contribution in [0.4, 0.5) is 0 Å². The van der Waals surface area contributed by atoms with Crippen molar-refractivity contribution in [2.45, 2.75) is 71.8 Å². The van der Waals surface area contributed by atoms with Crippen LogP contribution in [0.2, 0.25) is 0 Å². The molecule has 0 aromatic heterocycles. The van der Waals surface area contributed by atoms with Crippen molar-refractivity contribution in [2.75, 3.05) is 0 Å². The van der Waals surface area contributed by atoms with Crippen LogP contribution in [0.15, 0.2) is 23.3 Å². The molecule has 3 saturated carbocycles. The lowest BCUT2D eigenvalue weighted by Crippen LogP contribution is -2.46. The van der Waals surface area contributed by atoms with Crippen molar-refractivity contribution in [1.82, 2.24) is 0 Å². The number of esters is 1. The number of rotatable bonds is 1. The Morgan fingerprint density at radius 2 is 1.79 bits per heavy atom. The molecule has 0 heterocycles. The van der Waals surface area contributed by atoms with Gasteiger partial charge in [0.05, 0.1) is 0 Å². The summed E-state index contributed by atoms with van der Waals surface area (Å²) in [5, 5.41) is 0. The summed E-state index contributed by atoms with van der Waals surface area (Å²) in [4.78, 5) is 23.7. The SMILES string of the molecule is CC(=O)OC1CCC2(C)C(=CC=C3C4CCC(=O)C4(C)CCC32)C1. The Morgan fingerprint density at radius 1 is 1.08 bits per heavy atom. The third-order valence-corrected chi connectivity index (χ3v) is 7.57. The first-order valence-corrected chi connectivity index (χ1v) is 9.46. The van der Waals surface area contributed by atoms with Gasteiger partial charge in [0.1, 0.15) is 11.9 Å². The summed E-state index contributed by atoms with van der Waals surface area (Å²) in [5.41, 5.74) is 3.06. The minimum Gasteiger partial charge on any atom is -0.462 e. The standard InChI is InChI=1S/C21H28O3/c1-13(22)24-15-8-10-20(2)14(12-15)4-5-16-17-6-7-19(23)21(17,3)11-9-18(16)20/h4-5,15,17-18H,6-12H2,1-3H3. The van der Waals surface area contributed by atoms with Crippen LogP contribution in [-0.2, 0) is 14.3 Å². The Kier molecular flexibility index (Phi) is 3.56. The highest BCUT2D eigenvalue weighted by molar-refractivity contribution is 5.88. The van der Waals surface area contributed by atoms with Gasteiger partial charge in [0.2, 0.25) is 0 Å². The van der Waals surface area contributed by atoms with E-state index in [2.05, 4.69) is 26.0 Å². The molecule has 0 aliphatic heterocycles. The average molecular weight is 328 g/mol. The number of carbonyl (C=O) groups excluding carboxylic acids is 2. The van der Waals surface area contributed by atoms with Gasteiger partial charge in [0, 0.05) is 25.2 Å². The van der Waals surface area contributed by atoms with Crippen molar-refractivity contribution in [1.29, 1.82) is 0 Å². The van der Waals surface area contributed by atoms with Crippen LogP contribution in [0.1, 0.15) is 65.7 Å². The van der Waals surface area contributed by atoms with Gasteiger partial charge in [-0.05, 0) is 49.4 Å². The number of hydrogen-bond acceptors (Lipinski definition) is 3. The lowest BCUT2D eigenvalue weighted by atomic mass is 9.51. The molecule has 0 bridgehead atoms. The normalized spacial score (nSPS) is 44.0. The molecule has 24 heavy (non-hydrogen) atoms. The number of fused-ring (bicyclic) bond motifs is 5. The first-order chi connectivity index (χ1) is 11.3. The summed E-state index contributed by atoms with van der Waals surface area (Å²) in [6, 6.07) is 0. The maximum absolute atomic E-state index is 12.4. The Bertz CT molecular complexity index is 658. The predicted molar refractivity (Wildman–Crippen MR) is 92.2 cm³/mol. The monoisotopic (exact) mass is 328 g/mol. The minimum absolute atomic E-state index is 0.0405. The van der Waals surface area contributed by atoms with Gasteiger partial charge in [-0.15, -0.1) is 0 Å². The fourth-order valence-corrected chi connectivity index (χ4v) is 6.08. The van der Waals surface area contributed by atoms with E-state index in [1.807, 2.05) is 0 Å². The van der Waals surface area contributed by atoms with Gasteiger partial charge in [-0.25, -0.2) is 0 Å². The number of ketones is 1. The van der Waals surface area contributed by atoms with E-state index in [0.29, 0.717) is 17.6 Å². The van der Waals surface area contributed by atoms with Crippen LogP contribution in [0.3, 0.4) is 0 Å². The second-order valence-corrected chi connectivity index (χ2v) is 8.77. The van der Waals surface area contributed by atoms with E-state index in [9.17, 15) is 9.59 Å². The minimum atomic E-state index is -0.172. The van der Waals surface area contributed by atoms with E-state index >= 15 is 0 Å². The molecule has 0 saturated heterocycles. The molecular weight excluding hydrogens is 300 g/mol. The highest BCUT2D eigenvalue weighted by Gasteiger charge is 2.56. The van der Waals surface area contributed by atoms with E-state index in [1.165, 1.54) is 18.1 Å². The van der Waals surface area contributed by atoms with E-state index in [1.54, 1.807) is 0 Å². The number of ether oxygens (including phenoxy) is 1. The number of carbonyl (C=O) groups is 2. The molecule has 5 unspecified atom stereocenters. The quantitative estimate of drug-likeness (QED) is 0.671. The summed E-state index contributed by atoms with van der Waals surface area (Å²) in [6.45, 7) is 6.10. The zero-order chi connectivity index (χ0) is 17.1. The van der Waals surface area contributed by atoms with Crippen LogP contribution < -0.4 is 0 Å². The number of hydrogen-bond donors (Lipinski definition) is 0. The average Bonchev–Trinajstić information content (AvgIpc) is 2.83. The van der Waals surface area contributed by atoms with Crippen molar-refractivity contribution >= 4 is 11.8 Å². The van der Waals surface area contributed by atoms with Gasteiger partial charge in [0.15, 0.2) is 0 Å². The van der Waals surface area contributed by atoms with Crippen molar-refractivity contribution in [3.8, 4) is 0 Å². The van der Waals surface area contributed by atoms with E-state index in [0.717, 1.165) is 44.9 Å². The summed E-state index contributed by atoms with van der Waals surface area (Å²) < 4.78 is 5.48. The lowest BCUT2D eigenvalue weighted by Gasteiger charge is -2.53. The van der Waals surface area contributed by atoms with Crippen LogP contribution in [0.5, 0.6) is 0 Å². The first kappa shape index (κ1) is 16.1. The van der Waals surface area contributed by atoms with E-state index in [4.69, 9.17) is 4.74 Å². The molecule has 130 valence electrons. The lowest BCUT2D eigenvalue weighted by molar-refractivity contribution is -0.148. The zero-order valence-electron chi connectivity index (χ0n) is 15.1. The molecule has 0 N–H and O–H groups in total. The third-order valence-electron chi connectivity index (χ3n) is 7.57. The highest BCUT2D eigenvalue weighted by atomic mass is 16.5. The third kappa shape index (κ3) is 2.16. The molecule has 4 rings (SSSR count). The Labute approximate surface area is 144 Å². The summed E-state index contributed by atoms with van der Waals surface area (Å²) >= 11 is 0. The maximum atomic E-state index is 12.4. The summed E-state index contributed by atoms with van der Waals surface area (Å²) in [5.74, 6) is 1.32. The fourth-order valence-electron chi connectivity index (χ4n) is 6.08. The van der Waals surface area contributed by atoms with Crippen molar-refractivity contribution in [3.05, 3.63) is 23.3 Å². The van der Waals surface area contributed by atoms with E-state index < -0.39 is 0 Å². The summed E-state index contributed by atoms with van der Waals surface area (Å²) in [6.07, 6.45) is 11.5. The van der Waals surface area contributed by atoms with Gasteiger partial charge in [0.25, 0.3) is 0 Å². The molecule has 0 spiro atoms. The highest BCUT2D eigenvalue weighted by Crippen LogP contribution is 2.62. The maximum Gasteiger partial charge on any atom is 0.302 e. The second-order valence-electron chi connectivity index (χ2n) is 8.77. The van der Waals surface area contributed by atoms with Gasteiger partial charge < -0.3 is 4.74 Å². The molecule has 0 radical (unpaired) electrons. The molecule has 0 aromatic carbocycles. The molecule has 3 fully saturated rings. The van der Waals surface area contributed by atoms with Crippen LogP contribution in [-0.4, -0.2) is 17.9 Å². The van der Waals surface area contributed by atoms with Crippen molar-refractivity contribution in [3.63, 3.8) is 0 Å². The molecule has 4 aliphatic carbocycles.